The fourth-order valence-electron chi connectivity index (χ4n) is 4.33. The van der Waals surface area contributed by atoms with Crippen LogP contribution in [0.4, 0.5) is 0 Å². The molecule has 0 aromatic heterocycles. The van der Waals surface area contributed by atoms with Crippen LogP contribution in [-0.2, 0) is 21.4 Å². The molecule has 0 atom stereocenters. The van der Waals surface area contributed by atoms with E-state index < -0.39 is 10.2 Å². The third-order valence-electron chi connectivity index (χ3n) is 6.37. The van der Waals surface area contributed by atoms with Gasteiger partial charge in [0.15, 0.2) is 0 Å². The molecule has 1 aliphatic heterocycles. The highest BCUT2D eigenvalue weighted by atomic mass is 32.2. The van der Waals surface area contributed by atoms with Crippen LogP contribution in [0.5, 0.6) is 5.75 Å². The van der Waals surface area contributed by atoms with Crippen LogP contribution < -0.4 is 10.1 Å². The molecule has 8 nitrogen and oxygen atoms in total. The zero-order chi connectivity index (χ0) is 22.3. The van der Waals surface area contributed by atoms with E-state index in [9.17, 15) is 13.2 Å². The number of carbonyl (C=O) groups is 1. The monoisotopic (exact) mass is 452 g/mol. The molecule has 31 heavy (non-hydrogen) atoms. The first kappa shape index (κ1) is 24.0. The van der Waals surface area contributed by atoms with Gasteiger partial charge in [-0.3, -0.25) is 9.69 Å². The van der Waals surface area contributed by atoms with Crippen LogP contribution in [0.1, 0.15) is 37.7 Å². The summed E-state index contributed by atoms with van der Waals surface area (Å²) in [6.45, 7) is 2.88. The zero-order valence-electron chi connectivity index (χ0n) is 18.8. The van der Waals surface area contributed by atoms with Crippen molar-refractivity contribution in [1.82, 2.24) is 18.8 Å². The molecule has 9 heteroatoms. The number of hydrogen-bond acceptors (Lipinski definition) is 5. The Morgan fingerprint density at radius 3 is 2.35 bits per heavy atom. The molecule has 1 amide bonds. The van der Waals surface area contributed by atoms with Crippen LogP contribution in [0.25, 0.3) is 0 Å². The van der Waals surface area contributed by atoms with Crippen LogP contribution >= 0.6 is 0 Å². The Hall–Kier alpha value is -1.68. The van der Waals surface area contributed by atoms with E-state index in [2.05, 4.69) is 5.32 Å². The van der Waals surface area contributed by atoms with Gasteiger partial charge in [-0.1, -0.05) is 31.4 Å². The maximum atomic E-state index is 13.0. The number of ether oxygens (including phenoxy) is 1. The lowest BCUT2D eigenvalue weighted by Gasteiger charge is -2.38. The summed E-state index contributed by atoms with van der Waals surface area (Å²) in [5.41, 5.74) is 1.14. The number of rotatable bonds is 9. The summed E-state index contributed by atoms with van der Waals surface area (Å²) in [5.74, 6) is 0.794. The normalized spacial score (nSPS) is 19.5. The van der Waals surface area contributed by atoms with Crippen molar-refractivity contribution in [3.8, 4) is 5.75 Å². The number of nitrogens with zero attached hydrogens (tertiary/aromatic N) is 3. The molecule has 1 heterocycles. The number of benzene rings is 1. The summed E-state index contributed by atoms with van der Waals surface area (Å²) in [4.78, 5) is 14.3. The first-order chi connectivity index (χ1) is 14.9. The zero-order valence-corrected chi connectivity index (χ0v) is 19.6. The molecule has 2 aliphatic rings. The van der Waals surface area contributed by atoms with E-state index in [-0.39, 0.29) is 11.9 Å². The number of amides is 1. The molecular formula is C22H36N4O4S. The van der Waals surface area contributed by atoms with Gasteiger partial charge in [-0.05, 0) is 37.0 Å². The van der Waals surface area contributed by atoms with E-state index >= 15 is 0 Å². The highest BCUT2D eigenvalue weighted by Crippen LogP contribution is 2.25. The number of carbonyl (C=O) groups excluding carboxylic acids is 1. The smallest absolute Gasteiger partial charge is 0.282 e. The van der Waals surface area contributed by atoms with E-state index in [1.807, 2.05) is 29.2 Å². The van der Waals surface area contributed by atoms with Crippen molar-refractivity contribution in [3.63, 3.8) is 0 Å². The van der Waals surface area contributed by atoms with Crippen molar-refractivity contribution in [2.45, 2.75) is 44.6 Å². The second-order valence-electron chi connectivity index (χ2n) is 8.44. The maximum Gasteiger partial charge on any atom is 0.282 e. The minimum atomic E-state index is -3.43. The molecule has 2 fully saturated rings. The van der Waals surface area contributed by atoms with Gasteiger partial charge < -0.3 is 10.1 Å². The van der Waals surface area contributed by atoms with Crippen LogP contribution in [-0.4, -0.2) is 87.3 Å². The Morgan fingerprint density at radius 1 is 1.10 bits per heavy atom. The molecule has 1 aromatic rings. The lowest BCUT2D eigenvalue weighted by molar-refractivity contribution is -0.122. The quantitative estimate of drug-likeness (QED) is 0.614. The SMILES string of the molecule is COc1ccc(CCNC(=O)CN2CCN(S(=O)(=O)N(C)C3CCCCC3)CC2)cc1. The van der Waals surface area contributed by atoms with E-state index in [1.54, 1.807) is 22.8 Å². The van der Waals surface area contributed by atoms with Gasteiger partial charge in [0.25, 0.3) is 10.2 Å². The van der Waals surface area contributed by atoms with Crippen molar-refractivity contribution in [1.29, 1.82) is 0 Å². The fraction of sp³-hybridized carbons (Fsp3) is 0.682. The van der Waals surface area contributed by atoms with Gasteiger partial charge in [0.2, 0.25) is 5.91 Å². The van der Waals surface area contributed by atoms with Crippen LogP contribution in [0.2, 0.25) is 0 Å². The summed E-state index contributed by atoms with van der Waals surface area (Å²) in [6, 6.07) is 7.93. The van der Waals surface area contributed by atoms with E-state index in [0.29, 0.717) is 39.3 Å². The van der Waals surface area contributed by atoms with Crippen molar-refractivity contribution < 1.29 is 17.9 Å². The molecule has 1 saturated heterocycles. The largest absolute Gasteiger partial charge is 0.497 e. The number of nitrogens with one attached hydrogen (secondary N) is 1. The van der Waals surface area contributed by atoms with Gasteiger partial charge in [-0.2, -0.15) is 17.0 Å². The van der Waals surface area contributed by atoms with Crippen LogP contribution in [0.15, 0.2) is 24.3 Å². The first-order valence-corrected chi connectivity index (χ1v) is 12.6. The highest BCUT2D eigenvalue weighted by Gasteiger charge is 2.34. The second-order valence-corrected chi connectivity index (χ2v) is 10.4. The van der Waals surface area contributed by atoms with Crippen molar-refractivity contribution in [2.24, 2.45) is 0 Å². The van der Waals surface area contributed by atoms with Gasteiger partial charge in [0.05, 0.1) is 13.7 Å². The molecular weight excluding hydrogens is 416 g/mol. The third kappa shape index (κ3) is 6.65. The molecule has 0 unspecified atom stereocenters. The average Bonchev–Trinajstić information content (AvgIpc) is 2.80. The lowest BCUT2D eigenvalue weighted by atomic mass is 9.96. The predicted octanol–water partition coefficient (Wildman–Crippen LogP) is 1.48. The lowest BCUT2D eigenvalue weighted by Crippen LogP contribution is -2.55. The summed E-state index contributed by atoms with van der Waals surface area (Å²) >= 11 is 0. The minimum Gasteiger partial charge on any atom is -0.497 e. The maximum absolute atomic E-state index is 13.0. The van der Waals surface area contributed by atoms with Crippen molar-refractivity contribution in [3.05, 3.63) is 29.8 Å². The summed E-state index contributed by atoms with van der Waals surface area (Å²) in [6.07, 6.45) is 6.07. The summed E-state index contributed by atoms with van der Waals surface area (Å²) in [7, 11) is -0.0783. The first-order valence-electron chi connectivity index (χ1n) is 11.3. The number of hydrogen-bond donors (Lipinski definition) is 1. The molecule has 174 valence electrons. The molecule has 0 radical (unpaired) electrons. The topological polar surface area (TPSA) is 82.2 Å². The number of piperazine rings is 1. The Morgan fingerprint density at radius 2 is 1.74 bits per heavy atom. The molecule has 1 N–H and O–H groups in total. The Kier molecular flexibility index (Phi) is 8.71. The summed E-state index contributed by atoms with van der Waals surface area (Å²) < 4.78 is 34.2. The average molecular weight is 453 g/mol. The number of methoxy groups -OCH3 is 1. The van der Waals surface area contributed by atoms with Gasteiger partial charge in [0.1, 0.15) is 5.75 Å². The molecule has 0 spiro atoms. The fourth-order valence-corrected chi connectivity index (χ4v) is 5.91. The van der Waals surface area contributed by atoms with E-state index in [4.69, 9.17) is 4.74 Å². The third-order valence-corrected chi connectivity index (χ3v) is 8.42. The Balaban J connectivity index is 1.38. The second kappa shape index (κ2) is 11.3. The van der Waals surface area contributed by atoms with Gasteiger partial charge in [0, 0.05) is 45.8 Å². The molecule has 1 saturated carbocycles. The predicted molar refractivity (Wildman–Crippen MR) is 121 cm³/mol. The van der Waals surface area contributed by atoms with Crippen molar-refractivity contribution in [2.75, 3.05) is 53.4 Å². The Labute approximate surface area is 186 Å². The van der Waals surface area contributed by atoms with Crippen LogP contribution in [0.3, 0.4) is 0 Å². The van der Waals surface area contributed by atoms with Gasteiger partial charge >= 0.3 is 0 Å². The Bertz CT molecular complexity index is 801. The van der Waals surface area contributed by atoms with E-state index in [0.717, 1.165) is 43.4 Å². The van der Waals surface area contributed by atoms with Crippen molar-refractivity contribution >= 4 is 16.1 Å². The molecule has 1 aromatic carbocycles. The molecule has 1 aliphatic carbocycles. The molecule has 0 bridgehead atoms. The summed E-state index contributed by atoms with van der Waals surface area (Å²) in [5, 5.41) is 2.96. The minimum absolute atomic E-state index is 0.0239. The van der Waals surface area contributed by atoms with Gasteiger partial charge in [-0.15, -0.1) is 0 Å². The van der Waals surface area contributed by atoms with Gasteiger partial charge in [-0.25, -0.2) is 0 Å². The highest BCUT2D eigenvalue weighted by molar-refractivity contribution is 7.86. The van der Waals surface area contributed by atoms with E-state index in [1.165, 1.54) is 6.42 Å². The molecule has 3 rings (SSSR count). The van der Waals surface area contributed by atoms with Crippen LogP contribution in [0, 0.1) is 0 Å². The standard InChI is InChI=1S/C22H36N4O4S/c1-24(20-6-4-3-5-7-20)31(28,29)26-16-14-25(15-17-26)18-22(27)23-13-12-19-8-10-21(30-2)11-9-19/h8-11,20H,3-7,12-18H2,1-2H3,(H,23,27).